The SMILES string of the molecule is O=C(O)c1cc(NC2CC2)nc(-c2ccc(Cl)cc2)n1. The lowest BCUT2D eigenvalue weighted by Gasteiger charge is -2.08. The molecule has 1 aromatic carbocycles. The largest absolute Gasteiger partial charge is 0.477 e. The van der Waals surface area contributed by atoms with E-state index in [9.17, 15) is 4.79 Å². The summed E-state index contributed by atoms with van der Waals surface area (Å²) in [6.07, 6.45) is 2.17. The Balaban J connectivity index is 2.01. The van der Waals surface area contributed by atoms with Gasteiger partial charge in [0, 0.05) is 22.7 Å². The Bertz CT molecular complexity index is 654. The van der Waals surface area contributed by atoms with Gasteiger partial charge in [0.1, 0.15) is 5.82 Å². The molecule has 1 heterocycles. The lowest BCUT2D eigenvalue weighted by Crippen LogP contribution is -2.09. The second-order valence-corrected chi connectivity index (χ2v) is 5.13. The molecule has 1 aliphatic carbocycles. The van der Waals surface area contributed by atoms with Crippen LogP contribution >= 0.6 is 11.6 Å². The second-order valence-electron chi connectivity index (χ2n) is 4.69. The molecule has 1 aromatic heterocycles. The predicted octanol–water partition coefficient (Wildman–Crippen LogP) is 3.07. The second kappa shape index (κ2) is 5.09. The minimum absolute atomic E-state index is 0.0203. The fraction of sp³-hybridized carbons (Fsp3) is 0.214. The molecule has 0 bridgehead atoms. The van der Waals surface area contributed by atoms with Gasteiger partial charge < -0.3 is 10.4 Å². The molecule has 0 amide bonds. The molecule has 5 nitrogen and oxygen atoms in total. The van der Waals surface area contributed by atoms with Crippen molar-refractivity contribution >= 4 is 23.4 Å². The molecule has 0 aliphatic heterocycles. The Hall–Kier alpha value is -2.14. The van der Waals surface area contributed by atoms with Gasteiger partial charge in [0.25, 0.3) is 0 Å². The topological polar surface area (TPSA) is 75.1 Å². The summed E-state index contributed by atoms with van der Waals surface area (Å²) in [7, 11) is 0. The van der Waals surface area contributed by atoms with Crippen molar-refractivity contribution in [1.29, 1.82) is 0 Å². The van der Waals surface area contributed by atoms with Crippen LogP contribution in [0.5, 0.6) is 0 Å². The third-order valence-electron chi connectivity index (χ3n) is 2.98. The van der Waals surface area contributed by atoms with E-state index in [1.54, 1.807) is 24.3 Å². The molecule has 1 saturated carbocycles. The molecule has 0 radical (unpaired) electrons. The fourth-order valence-electron chi connectivity index (χ4n) is 1.80. The Morgan fingerprint density at radius 2 is 1.95 bits per heavy atom. The molecule has 0 unspecified atom stereocenters. The Kier molecular flexibility index (Phi) is 3.28. The molecule has 0 saturated heterocycles. The van der Waals surface area contributed by atoms with Crippen LogP contribution in [-0.2, 0) is 0 Å². The summed E-state index contributed by atoms with van der Waals surface area (Å²) in [5.41, 5.74) is 0.712. The zero-order chi connectivity index (χ0) is 14.1. The van der Waals surface area contributed by atoms with Crippen LogP contribution in [0.2, 0.25) is 5.02 Å². The van der Waals surface area contributed by atoms with Gasteiger partial charge in [0.2, 0.25) is 0 Å². The molecule has 1 aliphatic rings. The molecular weight excluding hydrogens is 278 g/mol. The quantitative estimate of drug-likeness (QED) is 0.905. The summed E-state index contributed by atoms with van der Waals surface area (Å²) in [4.78, 5) is 19.6. The van der Waals surface area contributed by atoms with Crippen LogP contribution in [0.15, 0.2) is 30.3 Å². The Morgan fingerprint density at radius 3 is 2.55 bits per heavy atom. The summed E-state index contributed by atoms with van der Waals surface area (Å²) in [6, 6.07) is 8.84. The molecule has 0 spiro atoms. The monoisotopic (exact) mass is 289 g/mol. The number of nitrogens with zero attached hydrogens (tertiary/aromatic N) is 2. The third kappa shape index (κ3) is 2.88. The highest BCUT2D eigenvalue weighted by Gasteiger charge is 2.22. The number of benzene rings is 1. The van der Waals surface area contributed by atoms with Crippen molar-refractivity contribution in [2.75, 3.05) is 5.32 Å². The van der Waals surface area contributed by atoms with Gasteiger partial charge in [-0.2, -0.15) is 0 Å². The number of halogens is 1. The van der Waals surface area contributed by atoms with Gasteiger partial charge in [0.05, 0.1) is 0 Å². The Morgan fingerprint density at radius 1 is 1.25 bits per heavy atom. The molecule has 0 atom stereocenters. The number of hydrogen-bond acceptors (Lipinski definition) is 4. The van der Waals surface area contributed by atoms with Crippen molar-refractivity contribution in [3.8, 4) is 11.4 Å². The fourth-order valence-corrected chi connectivity index (χ4v) is 1.92. The van der Waals surface area contributed by atoms with Crippen molar-refractivity contribution in [3.63, 3.8) is 0 Å². The maximum atomic E-state index is 11.2. The summed E-state index contributed by atoms with van der Waals surface area (Å²) in [5, 5.41) is 12.9. The van der Waals surface area contributed by atoms with Crippen LogP contribution in [-0.4, -0.2) is 27.1 Å². The van der Waals surface area contributed by atoms with Gasteiger partial charge in [-0.05, 0) is 37.1 Å². The van der Waals surface area contributed by atoms with Gasteiger partial charge in [-0.25, -0.2) is 14.8 Å². The highest BCUT2D eigenvalue weighted by atomic mass is 35.5. The van der Waals surface area contributed by atoms with E-state index in [2.05, 4.69) is 15.3 Å². The number of carbonyl (C=O) groups is 1. The standard InChI is InChI=1S/C14H12ClN3O2/c15-9-3-1-8(2-4-9)13-17-11(14(19)20)7-12(18-13)16-10-5-6-10/h1-4,7,10H,5-6H2,(H,19,20)(H,16,17,18). The van der Waals surface area contributed by atoms with E-state index in [1.165, 1.54) is 6.07 Å². The van der Waals surface area contributed by atoms with Crippen LogP contribution in [0.3, 0.4) is 0 Å². The van der Waals surface area contributed by atoms with Crippen LogP contribution in [0.4, 0.5) is 5.82 Å². The lowest BCUT2D eigenvalue weighted by atomic mass is 10.2. The van der Waals surface area contributed by atoms with Crippen molar-refractivity contribution in [2.45, 2.75) is 18.9 Å². The summed E-state index contributed by atoms with van der Waals surface area (Å²) < 4.78 is 0. The van der Waals surface area contributed by atoms with E-state index in [0.717, 1.165) is 18.4 Å². The van der Waals surface area contributed by atoms with Gasteiger partial charge in [-0.1, -0.05) is 11.6 Å². The normalized spacial score (nSPS) is 14.1. The summed E-state index contributed by atoms with van der Waals surface area (Å²) in [6.45, 7) is 0. The molecule has 1 fully saturated rings. The number of aromatic carboxylic acids is 1. The van der Waals surface area contributed by atoms with Crippen LogP contribution in [0, 0.1) is 0 Å². The number of carboxylic acids is 1. The zero-order valence-electron chi connectivity index (χ0n) is 10.5. The number of carboxylic acid groups (broad SMARTS) is 1. The highest BCUT2D eigenvalue weighted by molar-refractivity contribution is 6.30. The van der Waals surface area contributed by atoms with E-state index in [-0.39, 0.29) is 5.69 Å². The first-order valence-electron chi connectivity index (χ1n) is 6.27. The number of hydrogen-bond donors (Lipinski definition) is 2. The van der Waals surface area contributed by atoms with Crippen LogP contribution < -0.4 is 5.32 Å². The Labute approximate surface area is 120 Å². The molecule has 3 rings (SSSR count). The van der Waals surface area contributed by atoms with E-state index >= 15 is 0 Å². The summed E-state index contributed by atoms with van der Waals surface area (Å²) in [5.74, 6) is -0.143. The molecule has 20 heavy (non-hydrogen) atoms. The zero-order valence-corrected chi connectivity index (χ0v) is 11.3. The van der Waals surface area contributed by atoms with E-state index in [0.29, 0.717) is 22.7 Å². The first-order valence-corrected chi connectivity index (χ1v) is 6.64. The van der Waals surface area contributed by atoms with Gasteiger partial charge in [-0.15, -0.1) is 0 Å². The van der Waals surface area contributed by atoms with Crippen molar-refractivity contribution in [2.24, 2.45) is 0 Å². The lowest BCUT2D eigenvalue weighted by molar-refractivity contribution is 0.0690. The van der Waals surface area contributed by atoms with Crippen LogP contribution in [0.1, 0.15) is 23.3 Å². The van der Waals surface area contributed by atoms with E-state index in [1.807, 2.05) is 0 Å². The molecule has 102 valence electrons. The maximum Gasteiger partial charge on any atom is 0.354 e. The van der Waals surface area contributed by atoms with Crippen molar-refractivity contribution < 1.29 is 9.90 Å². The first-order chi connectivity index (χ1) is 9.61. The minimum Gasteiger partial charge on any atom is -0.477 e. The number of nitrogens with one attached hydrogen (secondary N) is 1. The summed E-state index contributed by atoms with van der Waals surface area (Å²) >= 11 is 5.84. The van der Waals surface area contributed by atoms with Crippen molar-refractivity contribution in [1.82, 2.24) is 9.97 Å². The van der Waals surface area contributed by atoms with Crippen molar-refractivity contribution in [3.05, 3.63) is 41.0 Å². The van der Waals surface area contributed by atoms with Gasteiger partial charge in [0.15, 0.2) is 11.5 Å². The molecule has 2 N–H and O–H groups in total. The number of aromatic nitrogens is 2. The van der Waals surface area contributed by atoms with E-state index < -0.39 is 5.97 Å². The smallest absolute Gasteiger partial charge is 0.354 e. The van der Waals surface area contributed by atoms with Gasteiger partial charge in [-0.3, -0.25) is 0 Å². The molecular formula is C14H12ClN3O2. The van der Waals surface area contributed by atoms with Gasteiger partial charge >= 0.3 is 5.97 Å². The third-order valence-corrected chi connectivity index (χ3v) is 3.23. The molecule has 2 aromatic rings. The first kappa shape index (κ1) is 12.9. The average molecular weight is 290 g/mol. The molecule has 6 heteroatoms. The maximum absolute atomic E-state index is 11.2. The highest BCUT2D eigenvalue weighted by Crippen LogP contribution is 2.26. The van der Waals surface area contributed by atoms with E-state index in [4.69, 9.17) is 16.7 Å². The number of rotatable bonds is 4. The van der Waals surface area contributed by atoms with Crippen LogP contribution in [0.25, 0.3) is 11.4 Å². The average Bonchev–Trinajstić information content (AvgIpc) is 3.23. The number of anilines is 1. The minimum atomic E-state index is -1.07. The predicted molar refractivity (Wildman–Crippen MR) is 76.1 cm³/mol.